The van der Waals surface area contributed by atoms with Crippen LogP contribution in [0, 0.1) is 6.92 Å². The molecule has 0 aliphatic heterocycles. The van der Waals surface area contributed by atoms with Crippen molar-refractivity contribution in [2.24, 2.45) is 0 Å². The molecule has 2 heterocycles. The minimum absolute atomic E-state index is 0.139. The van der Waals surface area contributed by atoms with E-state index in [1.54, 1.807) is 29.3 Å². The normalized spacial score (nSPS) is 10.7. The molecule has 0 saturated carbocycles. The largest absolute Gasteiger partial charge is 0.348 e. The minimum atomic E-state index is -0.185. The van der Waals surface area contributed by atoms with Gasteiger partial charge in [-0.05, 0) is 36.2 Å². The number of nitrogens with zero attached hydrogens (tertiary/aromatic N) is 4. The molecule has 0 atom stereocenters. The fraction of sp³-hybridized carbons (Fsp3) is 0.167. The first kappa shape index (κ1) is 21.0. The third kappa shape index (κ3) is 5.28. The topological polar surface area (TPSA) is 93.8 Å². The Morgan fingerprint density at radius 1 is 0.969 bits per heavy atom. The Morgan fingerprint density at radius 2 is 1.78 bits per heavy atom. The van der Waals surface area contributed by atoms with Crippen LogP contribution in [-0.4, -0.2) is 31.4 Å². The van der Waals surface area contributed by atoms with Gasteiger partial charge >= 0.3 is 0 Å². The van der Waals surface area contributed by atoms with E-state index >= 15 is 0 Å². The standard InChI is InChI=1S/C24H24N6O2/c1-18-22(15-27-30(18)16-19-7-3-2-4-8-19)24(32)25-14-20-9-5-10-21(13-20)28-23(31)17-29-12-6-11-26-29/h2-13,15H,14,16-17H2,1H3,(H,25,32)(H,28,31). The number of hydrogen-bond donors (Lipinski definition) is 2. The Balaban J connectivity index is 1.34. The van der Waals surface area contributed by atoms with Crippen molar-refractivity contribution >= 4 is 17.5 Å². The van der Waals surface area contributed by atoms with Crippen molar-refractivity contribution in [2.45, 2.75) is 26.6 Å². The molecule has 2 aromatic carbocycles. The summed E-state index contributed by atoms with van der Waals surface area (Å²) >= 11 is 0. The van der Waals surface area contributed by atoms with Crippen molar-refractivity contribution in [3.63, 3.8) is 0 Å². The molecule has 0 radical (unpaired) electrons. The van der Waals surface area contributed by atoms with Crippen molar-refractivity contribution < 1.29 is 9.59 Å². The number of carbonyl (C=O) groups is 2. The summed E-state index contributed by atoms with van der Waals surface area (Å²) in [6, 6.07) is 19.1. The third-order valence-corrected chi connectivity index (χ3v) is 5.05. The van der Waals surface area contributed by atoms with Gasteiger partial charge in [0.25, 0.3) is 5.91 Å². The molecule has 2 aromatic heterocycles. The highest BCUT2D eigenvalue weighted by atomic mass is 16.2. The van der Waals surface area contributed by atoms with Gasteiger partial charge in [-0.1, -0.05) is 42.5 Å². The fourth-order valence-corrected chi connectivity index (χ4v) is 3.36. The Hall–Kier alpha value is -4.20. The third-order valence-electron chi connectivity index (χ3n) is 5.05. The maximum absolute atomic E-state index is 12.7. The van der Waals surface area contributed by atoms with Crippen LogP contribution in [0.1, 0.15) is 27.2 Å². The Labute approximate surface area is 185 Å². The lowest BCUT2D eigenvalue weighted by Gasteiger charge is -2.09. The van der Waals surface area contributed by atoms with Crippen LogP contribution in [0.2, 0.25) is 0 Å². The number of benzene rings is 2. The molecule has 0 fully saturated rings. The Morgan fingerprint density at radius 3 is 2.56 bits per heavy atom. The van der Waals surface area contributed by atoms with Gasteiger partial charge in [-0.3, -0.25) is 19.0 Å². The van der Waals surface area contributed by atoms with Gasteiger partial charge in [-0.25, -0.2) is 0 Å². The molecule has 0 saturated heterocycles. The molecule has 8 heteroatoms. The number of hydrogen-bond acceptors (Lipinski definition) is 4. The number of rotatable bonds is 8. The van der Waals surface area contributed by atoms with Gasteiger partial charge in [0.05, 0.1) is 18.3 Å². The van der Waals surface area contributed by atoms with Crippen LogP contribution in [0.5, 0.6) is 0 Å². The highest BCUT2D eigenvalue weighted by Gasteiger charge is 2.14. The van der Waals surface area contributed by atoms with Crippen LogP contribution >= 0.6 is 0 Å². The summed E-state index contributed by atoms with van der Waals surface area (Å²) in [5.41, 5.74) is 4.03. The van der Waals surface area contributed by atoms with Crippen LogP contribution in [0.15, 0.2) is 79.3 Å². The molecular formula is C24H24N6O2. The molecule has 0 aliphatic carbocycles. The Kier molecular flexibility index (Phi) is 6.41. The zero-order chi connectivity index (χ0) is 22.3. The second kappa shape index (κ2) is 9.74. The van der Waals surface area contributed by atoms with E-state index in [1.165, 1.54) is 0 Å². The lowest BCUT2D eigenvalue weighted by Crippen LogP contribution is -2.23. The predicted octanol–water partition coefficient (Wildman–Crippen LogP) is 3.01. The van der Waals surface area contributed by atoms with E-state index in [4.69, 9.17) is 0 Å². The molecule has 32 heavy (non-hydrogen) atoms. The highest BCUT2D eigenvalue weighted by molar-refractivity contribution is 5.95. The molecule has 0 spiro atoms. The van der Waals surface area contributed by atoms with E-state index < -0.39 is 0 Å². The number of anilines is 1. The molecule has 8 nitrogen and oxygen atoms in total. The zero-order valence-corrected chi connectivity index (χ0v) is 17.7. The molecule has 0 bridgehead atoms. The van der Waals surface area contributed by atoms with Crippen molar-refractivity contribution in [2.75, 3.05) is 5.32 Å². The van der Waals surface area contributed by atoms with Crippen molar-refractivity contribution in [1.82, 2.24) is 24.9 Å². The van der Waals surface area contributed by atoms with E-state index in [2.05, 4.69) is 20.8 Å². The summed E-state index contributed by atoms with van der Waals surface area (Å²) in [5, 5.41) is 14.2. The quantitative estimate of drug-likeness (QED) is 0.451. The van der Waals surface area contributed by atoms with Crippen LogP contribution < -0.4 is 10.6 Å². The van der Waals surface area contributed by atoms with E-state index in [0.717, 1.165) is 16.8 Å². The van der Waals surface area contributed by atoms with Crippen molar-refractivity contribution in [1.29, 1.82) is 0 Å². The summed E-state index contributed by atoms with van der Waals surface area (Å²) in [6.07, 6.45) is 4.96. The van der Waals surface area contributed by atoms with E-state index in [1.807, 2.05) is 66.2 Å². The van der Waals surface area contributed by atoms with Gasteiger partial charge in [-0.15, -0.1) is 0 Å². The number of amides is 2. The first-order valence-corrected chi connectivity index (χ1v) is 10.3. The maximum atomic E-state index is 12.7. The molecular weight excluding hydrogens is 404 g/mol. The van der Waals surface area contributed by atoms with Crippen LogP contribution in [0.4, 0.5) is 5.69 Å². The SMILES string of the molecule is Cc1c(C(=O)NCc2cccc(NC(=O)Cn3cccn3)c2)cnn1Cc1ccccc1. The molecule has 2 N–H and O–H groups in total. The van der Waals surface area contributed by atoms with E-state index in [9.17, 15) is 9.59 Å². The molecule has 4 aromatic rings. The summed E-state index contributed by atoms with van der Waals surface area (Å²) in [7, 11) is 0. The highest BCUT2D eigenvalue weighted by Crippen LogP contribution is 2.13. The van der Waals surface area contributed by atoms with Crippen LogP contribution in [0.25, 0.3) is 0 Å². The number of aromatic nitrogens is 4. The average molecular weight is 428 g/mol. The van der Waals surface area contributed by atoms with Gasteiger partial charge < -0.3 is 10.6 Å². The van der Waals surface area contributed by atoms with Crippen molar-refractivity contribution in [3.05, 3.63) is 102 Å². The van der Waals surface area contributed by atoms with Gasteiger partial charge in [-0.2, -0.15) is 10.2 Å². The van der Waals surface area contributed by atoms with E-state index in [-0.39, 0.29) is 18.4 Å². The molecule has 0 unspecified atom stereocenters. The van der Waals surface area contributed by atoms with Crippen LogP contribution in [-0.2, 0) is 24.4 Å². The maximum Gasteiger partial charge on any atom is 0.255 e. The van der Waals surface area contributed by atoms with E-state index in [0.29, 0.717) is 24.3 Å². The lowest BCUT2D eigenvalue weighted by atomic mass is 10.2. The molecule has 0 aliphatic rings. The number of nitrogens with one attached hydrogen (secondary N) is 2. The monoisotopic (exact) mass is 428 g/mol. The molecule has 162 valence electrons. The average Bonchev–Trinajstić information content (AvgIpc) is 3.43. The van der Waals surface area contributed by atoms with Gasteiger partial charge in [0.1, 0.15) is 6.54 Å². The van der Waals surface area contributed by atoms with Gasteiger partial charge in [0, 0.05) is 30.3 Å². The number of carbonyl (C=O) groups excluding carboxylic acids is 2. The lowest BCUT2D eigenvalue weighted by molar-refractivity contribution is -0.116. The smallest absolute Gasteiger partial charge is 0.255 e. The van der Waals surface area contributed by atoms with Crippen LogP contribution in [0.3, 0.4) is 0 Å². The van der Waals surface area contributed by atoms with Gasteiger partial charge in [0.15, 0.2) is 0 Å². The molecule has 2 amide bonds. The second-order valence-electron chi connectivity index (χ2n) is 7.42. The predicted molar refractivity (Wildman–Crippen MR) is 121 cm³/mol. The molecule has 4 rings (SSSR count). The Bertz CT molecular complexity index is 1200. The fourth-order valence-electron chi connectivity index (χ4n) is 3.36. The first-order chi connectivity index (χ1) is 15.6. The summed E-state index contributed by atoms with van der Waals surface area (Å²) < 4.78 is 3.37. The second-order valence-corrected chi connectivity index (χ2v) is 7.42. The summed E-state index contributed by atoms with van der Waals surface area (Å²) in [5.74, 6) is -0.355. The summed E-state index contributed by atoms with van der Waals surface area (Å²) in [6.45, 7) is 2.98. The summed E-state index contributed by atoms with van der Waals surface area (Å²) in [4.78, 5) is 24.9. The van der Waals surface area contributed by atoms with Gasteiger partial charge in [0.2, 0.25) is 5.91 Å². The van der Waals surface area contributed by atoms with Crippen molar-refractivity contribution in [3.8, 4) is 0 Å². The zero-order valence-electron chi connectivity index (χ0n) is 17.7. The first-order valence-electron chi connectivity index (χ1n) is 10.3. The minimum Gasteiger partial charge on any atom is -0.348 e.